The third-order valence-electron chi connectivity index (χ3n) is 3.84. The van der Waals surface area contributed by atoms with E-state index in [0.717, 1.165) is 30.4 Å². The van der Waals surface area contributed by atoms with E-state index >= 15 is 0 Å². The Morgan fingerprint density at radius 1 is 1.32 bits per heavy atom. The van der Waals surface area contributed by atoms with Crippen LogP contribution in [0.2, 0.25) is 0 Å². The number of rotatable bonds is 7. The molecule has 0 aromatic heterocycles. The Labute approximate surface area is 133 Å². The fourth-order valence-electron chi connectivity index (χ4n) is 2.38. The van der Waals surface area contributed by atoms with Gasteiger partial charge in [0.15, 0.2) is 0 Å². The normalized spacial score (nSPS) is 18.6. The molecule has 2 rings (SSSR count). The van der Waals surface area contributed by atoms with Crippen LogP contribution in [-0.2, 0) is 14.8 Å². The third-order valence-corrected chi connectivity index (χ3v) is 5.28. The average Bonchev–Trinajstić information content (AvgIpc) is 2.99. The minimum absolute atomic E-state index is 0.0265. The molecule has 0 bridgehead atoms. The molecule has 1 N–H and O–H groups in total. The predicted octanol–water partition coefficient (Wildman–Crippen LogP) is 2.55. The number of ether oxygens (including phenoxy) is 2. The summed E-state index contributed by atoms with van der Waals surface area (Å²) in [6.45, 7) is 7.35. The van der Waals surface area contributed by atoms with Gasteiger partial charge in [0.05, 0.1) is 12.7 Å². The fraction of sp³-hybridized carbons (Fsp3) is 0.625. The van der Waals surface area contributed by atoms with Gasteiger partial charge in [-0.15, -0.1) is 0 Å². The maximum Gasteiger partial charge on any atom is 0.244 e. The van der Waals surface area contributed by atoms with Crippen LogP contribution in [0.5, 0.6) is 5.75 Å². The molecule has 0 amide bonds. The SMILES string of the molecule is CCCOc1cc(C)c(C)cc1S(=O)(=O)NCC1CCCO1. The van der Waals surface area contributed by atoms with Gasteiger partial charge in [0.1, 0.15) is 10.6 Å². The van der Waals surface area contributed by atoms with Crippen molar-refractivity contribution in [2.45, 2.75) is 51.0 Å². The summed E-state index contributed by atoms with van der Waals surface area (Å²) in [5, 5.41) is 0. The van der Waals surface area contributed by atoms with Crippen molar-refractivity contribution < 1.29 is 17.9 Å². The van der Waals surface area contributed by atoms with Crippen LogP contribution in [0.3, 0.4) is 0 Å². The predicted molar refractivity (Wildman–Crippen MR) is 85.9 cm³/mol. The number of nitrogens with one attached hydrogen (secondary N) is 1. The second-order valence-electron chi connectivity index (χ2n) is 5.72. The molecule has 0 aliphatic carbocycles. The monoisotopic (exact) mass is 327 g/mol. The average molecular weight is 327 g/mol. The highest BCUT2D eigenvalue weighted by molar-refractivity contribution is 7.89. The minimum atomic E-state index is -3.60. The summed E-state index contributed by atoms with van der Waals surface area (Å²) >= 11 is 0. The highest BCUT2D eigenvalue weighted by Gasteiger charge is 2.24. The number of sulfonamides is 1. The molecule has 1 aliphatic rings. The smallest absolute Gasteiger partial charge is 0.244 e. The van der Waals surface area contributed by atoms with E-state index in [9.17, 15) is 8.42 Å². The summed E-state index contributed by atoms with van der Waals surface area (Å²) in [7, 11) is -3.60. The molecule has 1 heterocycles. The topological polar surface area (TPSA) is 64.6 Å². The van der Waals surface area contributed by atoms with E-state index < -0.39 is 10.0 Å². The van der Waals surface area contributed by atoms with Gasteiger partial charge in [0, 0.05) is 13.2 Å². The summed E-state index contributed by atoms with van der Waals surface area (Å²) in [5.74, 6) is 0.421. The Morgan fingerprint density at radius 2 is 2.05 bits per heavy atom. The van der Waals surface area contributed by atoms with E-state index in [-0.39, 0.29) is 11.0 Å². The molecule has 1 aromatic carbocycles. The van der Waals surface area contributed by atoms with Crippen molar-refractivity contribution in [2.24, 2.45) is 0 Å². The molecule has 1 unspecified atom stereocenters. The van der Waals surface area contributed by atoms with Crippen molar-refractivity contribution in [3.8, 4) is 5.75 Å². The number of benzene rings is 1. The van der Waals surface area contributed by atoms with Gasteiger partial charge in [-0.3, -0.25) is 0 Å². The van der Waals surface area contributed by atoms with Crippen molar-refractivity contribution in [3.63, 3.8) is 0 Å². The summed E-state index contributed by atoms with van der Waals surface area (Å²) in [6.07, 6.45) is 2.69. The lowest BCUT2D eigenvalue weighted by molar-refractivity contribution is 0.114. The van der Waals surface area contributed by atoms with Crippen LogP contribution in [0.25, 0.3) is 0 Å². The molecule has 0 radical (unpaired) electrons. The minimum Gasteiger partial charge on any atom is -0.492 e. The molecule has 1 saturated heterocycles. The lowest BCUT2D eigenvalue weighted by Gasteiger charge is -2.16. The lowest BCUT2D eigenvalue weighted by Crippen LogP contribution is -2.32. The van der Waals surface area contributed by atoms with Gasteiger partial charge < -0.3 is 9.47 Å². The molecule has 1 fully saturated rings. The summed E-state index contributed by atoms with van der Waals surface area (Å²) in [4.78, 5) is 0.210. The van der Waals surface area contributed by atoms with Crippen molar-refractivity contribution in [3.05, 3.63) is 23.3 Å². The maximum absolute atomic E-state index is 12.6. The summed E-state index contributed by atoms with van der Waals surface area (Å²) in [5.41, 5.74) is 1.95. The Morgan fingerprint density at radius 3 is 2.68 bits per heavy atom. The van der Waals surface area contributed by atoms with Crippen LogP contribution in [0.4, 0.5) is 0 Å². The van der Waals surface area contributed by atoms with Crippen LogP contribution in [-0.4, -0.2) is 34.3 Å². The van der Waals surface area contributed by atoms with Gasteiger partial charge >= 0.3 is 0 Å². The Kier molecular flexibility index (Phi) is 5.83. The standard InChI is InChI=1S/C16H25NO4S/c1-4-7-21-15-9-12(2)13(3)10-16(15)22(18,19)17-11-14-6-5-8-20-14/h9-10,14,17H,4-8,11H2,1-3H3. The van der Waals surface area contributed by atoms with E-state index in [1.165, 1.54) is 0 Å². The lowest BCUT2D eigenvalue weighted by atomic mass is 10.1. The van der Waals surface area contributed by atoms with Gasteiger partial charge in [-0.05, 0) is 56.4 Å². The second kappa shape index (κ2) is 7.44. The second-order valence-corrected chi connectivity index (χ2v) is 7.45. The molecule has 6 heteroatoms. The van der Waals surface area contributed by atoms with Crippen LogP contribution >= 0.6 is 0 Å². The highest BCUT2D eigenvalue weighted by Crippen LogP contribution is 2.28. The van der Waals surface area contributed by atoms with E-state index in [2.05, 4.69) is 4.72 Å². The molecule has 5 nitrogen and oxygen atoms in total. The molecule has 0 spiro atoms. The van der Waals surface area contributed by atoms with E-state index in [0.29, 0.717) is 25.5 Å². The number of hydrogen-bond donors (Lipinski definition) is 1. The van der Waals surface area contributed by atoms with Gasteiger partial charge in [-0.25, -0.2) is 13.1 Å². The first-order valence-corrected chi connectivity index (χ1v) is 9.27. The Hall–Kier alpha value is -1.11. The number of hydrogen-bond acceptors (Lipinski definition) is 4. The highest BCUT2D eigenvalue weighted by atomic mass is 32.2. The van der Waals surface area contributed by atoms with Crippen molar-refractivity contribution in [1.29, 1.82) is 0 Å². The third kappa shape index (κ3) is 4.21. The number of aryl methyl sites for hydroxylation is 2. The van der Waals surface area contributed by atoms with Crippen LogP contribution in [0, 0.1) is 13.8 Å². The van der Waals surface area contributed by atoms with Crippen molar-refractivity contribution in [2.75, 3.05) is 19.8 Å². The van der Waals surface area contributed by atoms with Crippen molar-refractivity contribution in [1.82, 2.24) is 4.72 Å². The van der Waals surface area contributed by atoms with Crippen LogP contribution in [0.15, 0.2) is 17.0 Å². The van der Waals surface area contributed by atoms with E-state index in [1.807, 2.05) is 20.8 Å². The largest absolute Gasteiger partial charge is 0.492 e. The molecular weight excluding hydrogens is 302 g/mol. The first-order valence-electron chi connectivity index (χ1n) is 7.79. The van der Waals surface area contributed by atoms with Crippen molar-refractivity contribution >= 4 is 10.0 Å². The fourth-order valence-corrected chi connectivity index (χ4v) is 3.66. The molecule has 124 valence electrons. The Bertz CT molecular complexity index is 607. The first-order chi connectivity index (χ1) is 10.4. The van der Waals surface area contributed by atoms with E-state index in [4.69, 9.17) is 9.47 Å². The summed E-state index contributed by atoms with van der Waals surface area (Å²) in [6, 6.07) is 3.48. The van der Waals surface area contributed by atoms with E-state index in [1.54, 1.807) is 12.1 Å². The van der Waals surface area contributed by atoms with Crippen LogP contribution < -0.4 is 9.46 Å². The van der Waals surface area contributed by atoms with Gasteiger partial charge in [0.25, 0.3) is 0 Å². The summed E-state index contributed by atoms with van der Waals surface area (Å²) < 4.78 is 38.9. The zero-order valence-electron chi connectivity index (χ0n) is 13.5. The quantitative estimate of drug-likeness (QED) is 0.836. The van der Waals surface area contributed by atoms with Gasteiger partial charge in [0.2, 0.25) is 10.0 Å². The zero-order chi connectivity index (χ0) is 16.2. The molecule has 1 aromatic rings. The van der Waals surface area contributed by atoms with Gasteiger partial charge in [-0.2, -0.15) is 0 Å². The molecular formula is C16H25NO4S. The Balaban J connectivity index is 2.21. The molecule has 1 atom stereocenters. The van der Waals surface area contributed by atoms with Gasteiger partial charge in [-0.1, -0.05) is 6.92 Å². The molecule has 1 aliphatic heterocycles. The molecule has 0 saturated carbocycles. The molecule has 22 heavy (non-hydrogen) atoms. The maximum atomic E-state index is 12.6. The zero-order valence-corrected chi connectivity index (χ0v) is 14.3. The first kappa shape index (κ1) is 17.2. The van der Waals surface area contributed by atoms with Crippen LogP contribution in [0.1, 0.15) is 37.3 Å².